The van der Waals surface area contributed by atoms with Crippen LogP contribution in [0.2, 0.25) is 0 Å². The molecule has 2 aromatic rings. The van der Waals surface area contributed by atoms with Crippen molar-refractivity contribution in [3.8, 4) is 5.75 Å². The number of carbonyl (C=O) groups is 2. The second kappa shape index (κ2) is 8.45. The molecule has 34 heavy (non-hydrogen) atoms. The van der Waals surface area contributed by atoms with E-state index in [0.29, 0.717) is 19.2 Å². The van der Waals surface area contributed by atoms with Crippen LogP contribution >= 0.6 is 11.8 Å². The maximum absolute atomic E-state index is 13.0. The lowest BCUT2D eigenvalue weighted by molar-refractivity contribution is -0.182. The Morgan fingerprint density at radius 3 is 2.76 bits per heavy atom. The molecule has 3 heterocycles. The average molecular weight is 478 g/mol. The van der Waals surface area contributed by atoms with Crippen molar-refractivity contribution in [3.63, 3.8) is 0 Å². The highest BCUT2D eigenvalue weighted by Crippen LogP contribution is 2.47. The van der Waals surface area contributed by atoms with Crippen LogP contribution in [-0.4, -0.2) is 64.2 Å². The van der Waals surface area contributed by atoms with Crippen molar-refractivity contribution < 1.29 is 19.4 Å². The SMILES string of the molecule is CN1CN([C@@H]2c3ccccc3SCc3cccc(OCC4CC4)c32)N2C=CC(=O)C(O)C2C1=O. The van der Waals surface area contributed by atoms with Crippen molar-refractivity contribution in [3.05, 3.63) is 71.4 Å². The Labute approximate surface area is 202 Å². The molecule has 3 aliphatic heterocycles. The van der Waals surface area contributed by atoms with Crippen LogP contribution in [0.1, 0.15) is 35.6 Å². The number of likely N-dealkylation sites (N-methyl/N-ethyl adjacent to an activating group) is 1. The van der Waals surface area contributed by atoms with Crippen molar-refractivity contribution in [2.75, 3.05) is 20.3 Å². The molecule has 1 aliphatic carbocycles. The predicted octanol–water partition coefficient (Wildman–Crippen LogP) is 2.94. The molecular weight excluding hydrogens is 450 g/mol. The van der Waals surface area contributed by atoms with Crippen molar-refractivity contribution in [2.24, 2.45) is 5.92 Å². The van der Waals surface area contributed by atoms with Crippen molar-refractivity contribution in [2.45, 2.75) is 41.7 Å². The number of carbonyl (C=O) groups excluding carboxylic acids is 2. The van der Waals surface area contributed by atoms with E-state index in [2.05, 4.69) is 23.2 Å². The smallest absolute Gasteiger partial charge is 0.250 e. The number of rotatable bonds is 4. The van der Waals surface area contributed by atoms with E-state index >= 15 is 0 Å². The van der Waals surface area contributed by atoms with Gasteiger partial charge in [-0.15, -0.1) is 11.8 Å². The molecule has 176 valence electrons. The van der Waals surface area contributed by atoms with Gasteiger partial charge in [0.1, 0.15) is 11.9 Å². The number of nitrogens with zero attached hydrogens (tertiary/aromatic N) is 3. The first-order chi connectivity index (χ1) is 16.5. The van der Waals surface area contributed by atoms with Gasteiger partial charge in [0.2, 0.25) is 0 Å². The Bertz CT molecular complexity index is 1180. The number of ketones is 1. The summed E-state index contributed by atoms with van der Waals surface area (Å²) in [6.07, 6.45) is 4.02. The van der Waals surface area contributed by atoms with Gasteiger partial charge >= 0.3 is 0 Å². The average Bonchev–Trinajstić information content (AvgIpc) is 3.68. The molecule has 1 saturated heterocycles. The number of ether oxygens (including phenoxy) is 1. The largest absolute Gasteiger partial charge is 0.493 e. The summed E-state index contributed by atoms with van der Waals surface area (Å²) in [5.41, 5.74) is 3.39. The van der Waals surface area contributed by atoms with E-state index in [-0.39, 0.29) is 11.9 Å². The monoisotopic (exact) mass is 477 g/mol. The topological polar surface area (TPSA) is 73.3 Å². The van der Waals surface area contributed by atoms with Crippen LogP contribution in [0.5, 0.6) is 5.75 Å². The molecule has 4 aliphatic rings. The fraction of sp³-hybridized carbons (Fsp3) is 0.385. The summed E-state index contributed by atoms with van der Waals surface area (Å²) in [5.74, 6) is 1.58. The molecule has 7 nitrogen and oxygen atoms in total. The maximum Gasteiger partial charge on any atom is 0.250 e. The van der Waals surface area contributed by atoms with Gasteiger partial charge in [0, 0.05) is 35.5 Å². The van der Waals surface area contributed by atoms with Gasteiger partial charge in [0.05, 0.1) is 19.3 Å². The molecule has 0 radical (unpaired) electrons. The van der Waals surface area contributed by atoms with Gasteiger partial charge in [0.25, 0.3) is 5.91 Å². The highest BCUT2D eigenvalue weighted by molar-refractivity contribution is 7.98. The minimum atomic E-state index is -1.40. The van der Waals surface area contributed by atoms with Gasteiger partial charge in [0.15, 0.2) is 11.8 Å². The first kappa shape index (κ1) is 21.7. The number of thioether (sulfide) groups is 1. The summed E-state index contributed by atoms with van der Waals surface area (Å²) in [5, 5.41) is 14.5. The van der Waals surface area contributed by atoms with E-state index in [1.807, 2.05) is 24.3 Å². The Morgan fingerprint density at radius 2 is 1.94 bits per heavy atom. The lowest BCUT2D eigenvalue weighted by Gasteiger charge is -2.51. The number of fused-ring (bicyclic) bond motifs is 3. The number of aliphatic hydroxyl groups is 1. The van der Waals surface area contributed by atoms with E-state index in [1.54, 1.807) is 34.9 Å². The molecule has 1 saturated carbocycles. The Hall–Kier alpha value is -2.81. The lowest BCUT2D eigenvalue weighted by Crippen LogP contribution is -2.67. The maximum atomic E-state index is 13.0. The van der Waals surface area contributed by atoms with E-state index in [9.17, 15) is 14.7 Å². The molecule has 1 N–H and O–H groups in total. The molecule has 6 rings (SSSR count). The standard InChI is InChI=1S/C26H27N3O4S/c1-27-15-29(28-12-11-19(30)25(31)24(28)26(27)32)23-18-6-2-3-8-21(18)34-14-17-5-4-7-20(22(17)23)33-13-16-9-10-16/h2-8,11-12,16,23-25,31H,9-10,13-15H2,1H3/t23-,24?,25?/m1/s1. The van der Waals surface area contributed by atoms with Crippen LogP contribution in [0.15, 0.2) is 59.6 Å². The zero-order valence-corrected chi connectivity index (χ0v) is 19.8. The third-order valence-electron chi connectivity index (χ3n) is 7.05. The van der Waals surface area contributed by atoms with Gasteiger partial charge in [-0.25, -0.2) is 0 Å². The minimum absolute atomic E-state index is 0.250. The molecule has 3 atom stereocenters. The van der Waals surface area contributed by atoms with E-state index in [1.165, 1.54) is 29.4 Å². The van der Waals surface area contributed by atoms with Crippen molar-refractivity contribution >= 4 is 23.5 Å². The highest BCUT2D eigenvalue weighted by Gasteiger charge is 2.48. The Balaban J connectivity index is 1.52. The van der Waals surface area contributed by atoms with Crippen LogP contribution in [0.25, 0.3) is 0 Å². The van der Waals surface area contributed by atoms with Gasteiger partial charge in [-0.1, -0.05) is 30.3 Å². The third kappa shape index (κ3) is 3.61. The highest BCUT2D eigenvalue weighted by atomic mass is 32.2. The zero-order valence-electron chi connectivity index (χ0n) is 19.0. The van der Waals surface area contributed by atoms with Crippen molar-refractivity contribution in [1.29, 1.82) is 0 Å². The number of amides is 1. The van der Waals surface area contributed by atoms with Crippen molar-refractivity contribution in [1.82, 2.24) is 14.9 Å². The molecular formula is C26H27N3O4S. The molecule has 0 spiro atoms. The van der Waals surface area contributed by atoms with Gasteiger partial charge < -0.3 is 14.7 Å². The van der Waals surface area contributed by atoms with E-state index in [4.69, 9.17) is 4.74 Å². The van der Waals surface area contributed by atoms with E-state index in [0.717, 1.165) is 22.6 Å². The van der Waals surface area contributed by atoms with Gasteiger partial charge in [-0.2, -0.15) is 5.01 Å². The fourth-order valence-corrected chi connectivity index (χ4v) is 6.12. The molecule has 2 aromatic carbocycles. The van der Waals surface area contributed by atoms with Crippen LogP contribution < -0.4 is 4.74 Å². The summed E-state index contributed by atoms with van der Waals surface area (Å²) < 4.78 is 6.39. The van der Waals surface area contributed by atoms with Crippen LogP contribution in [0.4, 0.5) is 0 Å². The molecule has 2 unspecified atom stereocenters. The van der Waals surface area contributed by atoms with Gasteiger partial charge in [-0.05, 0) is 42.0 Å². The number of aliphatic hydroxyl groups excluding tert-OH is 1. The van der Waals surface area contributed by atoms with Crippen LogP contribution in [-0.2, 0) is 15.3 Å². The quantitative estimate of drug-likeness (QED) is 0.726. The number of hydrogen-bond acceptors (Lipinski definition) is 7. The lowest BCUT2D eigenvalue weighted by atomic mass is 9.92. The first-order valence-electron chi connectivity index (χ1n) is 11.7. The summed E-state index contributed by atoms with van der Waals surface area (Å²) in [6.45, 7) is 1.02. The second-order valence-electron chi connectivity index (χ2n) is 9.42. The number of hydrazine groups is 1. The summed E-state index contributed by atoms with van der Waals surface area (Å²) in [4.78, 5) is 28.1. The van der Waals surface area contributed by atoms with Gasteiger partial charge in [-0.3, -0.25) is 14.6 Å². The second-order valence-corrected chi connectivity index (χ2v) is 10.4. The summed E-state index contributed by atoms with van der Waals surface area (Å²) >= 11 is 1.79. The Morgan fingerprint density at radius 1 is 1.12 bits per heavy atom. The zero-order chi connectivity index (χ0) is 23.4. The third-order valence-corrected chi connectivity index (χ3v) is 8.18. The Kier molecular flexibility index (Phi) is 5.39. The first-order valence-corrected chi connectivity index (χ1v) is 12.7. The molecule has 2 fully saturated rings. The van der Waals surface area contributed by atoms with Crippen LogP contribution in [0, 0.1) is 5.92 Å². The molecule has 0 aromatic heterocycles. The molecule has 1 amide bonds. The molecule has 8 heteroatoms. The normalized spacial score (nSPS) is 26.6. The van der Waals surface area contributed by atoms with E-state index < -0.39 is 17.9 Å². The summed E-state index contributed by atoms with van der Waals surface area (Å²) in [7, 11) is 1.72. The fourth-order valence-electron chi connectivity index (χ4n) is 5.04. The minimum Gasteiger partial charge on any atom is -0.493 e. The number of benzene rings is 2. The predicted molar refractivity (Wildman–Crippen MR) is 128 cm³/mol. The summed E-state index contributed by atoms with van der Waals surface area (Å²) in [6, 6.07) is 13.3. The van der Waals surface area contributed by atoms with Crippen LogP contribution in [0.3, 0.4) is 0 Å². The number of hydrogen-bond donors (Lipinski definition) is 1. The molecule has 0 bridgehead atoms.